The van der Waals surface area contributed by atoms with E-state index in [4.69, 9.17) is 4.52 Å². The van der Waals surface area contributed by atoms with Crippen LogP contribution in [0.2, 0.25) is 0 Å². The van der Waals surface area contributed by atoms with Gasteiger partial charge in [-0.1, -0.05) is 25.9 Å². The highest BCUT2D eigenvalue weighted by molar-refractivity contribution is 5.91. The molecule has 1 aliphatic rings. The zero-order valence-electron chi connectivity index (χ0n) is 12.3. The zero-order chi connectivity index (χ0) is 14.8. The third-order valence-corrected chi connectivity index (χ3v) is 3.60. The molecule has 1 amide bonds. The summed E-state index contributed by atoms with van der Waals surface area (Å²) in [4.78, 5) is 14.0. The maximum absolute atomic E-state index is 12.0. The fourth-order valence-electron chi connectivity index (χ4n) is 2.36. The predicted octanol–water partition coefficient (Wildman–Crippen LogP) is 1.37. The number of aliphatic hydroxyl groups excluding tert-OH is 1. The van der Waals surface area contributed by atoms with E-state index in [1.165, 1.54) is 0 Å². The summed E-state index contributed by atoms with van der Waals surface area (Å²) < 4.78 is 5.13. The monoisotopic (exact) mass is 281 g/mol. The lowest BCUT2D eigenvalue weighted by atomic mass is 9.92. The molecule has 1 atom stereocenters. The van der Waals surface area contributed by atoms with Crippen molar-refractivity contribution in [3.63, 3.8) is 0 Å². The molecule has 1 aromatic rings. The minimum atomic E-state index is -0.137. The second-order valence-corrected chi connectivity index (χ2v) is 6.32. The zero-order valence-corrected chi connectivity index (χ0v) is 12.3. The molecule has 1 saturated heterocycles. The van der Waals surface area contributed by atoms with Gasteiger partial charge in [0.05, 0.1) is 18.8 Å². The van der Waals surface area contributed by atoms with Crippen LogP contribution in [0, 0.1) is 0 Å². The van der Waals surface area contributed by atoms with Crippen LogP contribution in [0.5, 0.6) is 0 Å². The number of hydrogen-bond acceptors (Lipinski definition) is 5. The van der Waals surface area contributed by atoms with Crippen LogP contribution in [0.4, 0.5) is 5.88 Å². The van der Waals surface area contributed by atoms with E-state index in [0.29, 0.717) is 5.88 Å². The number of nitrogens with one attached hydrogen (secondary N) is 1. The van der Waals surface area contributed by atoms with E-state index >= 15 is 0 Å². The van der Waals surface area contributed by atoms with Crippen molar-refractivity contribution in [2.45, 2.75) is 45.1 Å². The molecule has 6 heteroatoms. The van der Waals surface area contributed by atoms with E-state index in [1.54, 1.807) is 6.07 Å². The van der Waals surface area contributed by atoms with Gasteiger partial charge in [0.2, 0.25) is 11.8 Å². The quantitative estimate of drug-likeness (QED) is 0.871. The Morgan fingerprint density at radius 3 is 2.95 bits per heavy atom. The summed E-state index contributed by atoms with van der Waals surface area (Å²) in [5, 5.41) is 15.9. The lowest BCUT2D eigenvalue weighted by molar-refractivity contribution is -0.117. The van der Waals surface area contributed by atoms with Crippen molar-refractivity contribution >= 4 is 11.8 Å². The Morgan fingerprint density at radius 2 is 2.35 bits per heavy atom. The summed E-state index contributed by atoms with van der Waals surface area (Å²) >= 11 is 0. The normalized spacial score (nSPS) is 20.3. The maximum Gasteiger partial charge on any atom is 0.240 e. The summed E-state index contributed by atoms with van der Waals surface area (Å²) in [6.07, 6.45) is 1.97. The third-order valence-electron chi connectivity index (χ3n) is 3.60. The number of rotatable bonds is 4. The summed E-state index contributed by atoms with van der Waals surface area (Å²) in [6.45, 7) is 7.33. The van der Waals surface area contributed by atoms with E-state index in [-0.39, 0.29) is 30.5 Å². The van der Waals surface area contributed by atoms with Crippen molar-refractivity contribution < 1.29 is 14.4 Å². The first kappa shape index (κ1) is 15.0. The molecule has 2 rings (SSSR count). The van der Waals surface area contributed by atoms with E-state index in [0.717, 1.165) is 25.1 Å². The van der Waals surface area contributed by atoms with Gasteiger partial charge >= 0.3 is 0 Å². The lowest BCUT2D eigenvalue weighted by Gasteiger charge is -2.21. The number of nitrogens with zero attached hydrogens (tertiary/aromatic N) is 2. The van der Waals surface area contributed by atoms with Crippen molar-refractivity contribution in [3.8, 4) is 0 Å². The highest BCUT2D eigenvalue weighted by Crippen LogP contribution is 2.23. The van der Waals surface area contributed by atoms with Gasteiger partial charge in [0.1, 0.15) is 0 Å². The number of carbonyl (C=O) groups is 1. The molecule has 0 bridgehead atoms. The molecule has 0 spiro atoms. The van der Waals surface area contributed by atoms with Gasteiger partial charge in [0.25, 0.3) is 0 Å². The second kappa shape index (κ2) is 5.93. The molecule has 0 unspecified atom stereocenters. The summed E-state index contributed by atoms with van der Waals surface area (Å²) in [5.41, 5.74) is 0.700. The first-order chi connectivity index (χ1) is 9.40. The fourth-order valence-corrected chi connectivity index (χ4v) is 2.36. The van der Waals surface area contributed by atoms with Gasteiger partial charge in [-0.25, -0.2) is 0 Å². The molecule has 0 saturated carbocycles. The van der Waals surface area contributed by atoms with Crippen LogP contribution in [0.25, 0.3) is 0 Å². The Kier molecular flexibility index (Phi) is 4.45. The largest absolute Gasteiger partial charge is 0.395 e. The molecule has 6 nitrogen and oxygen atoms in total. The average Bonchev–Trinajstić information content (AvgIpc) is 2.97. The molecule has 1 aromatic heterocycles. The van der Waals surface area contributed by atoms with Gasteiger partial charge in [0, 0.05) is 17.5 Å². The van der Waals surface area contributed by atoms with E-state index in [1.807, 2.05) is 25.7 Å². The lowest BCUT2D eigenvalue weighted by Crippen LogP contribution is -2.38. The Morgan fingerprint density at radius 1 is 1.60 bits per heavy atom. The standard InChI is InChI=1S/C14H23N3O3/c1-14(2,3)11-7-13(20-16-11)15-12(19)8-17-6-4-5-10(17)9-18/h7,10,18H,4-6,8-9H2,1-3H3,(H,15,19)/t10-/m0/s1. The molecular weight excluding hydrogens is 258 g/mol. The van der Waals surface area contributed by atoms with Crippen LogP contribution < -0.4 is 5.32 Å². The number of aromatic nitrogens is 1. The topological polar surface area (TPSA) is 78.6 Å². The Hall–Kier alpha value is -1.40. The molecule has 1 aliphatic heterocycles. The molecule has 0 aliphatic carbocycles. The average molecular weight is 281 g/mol. The SMILES string of the molecule is CC(C)(C)c1cc(NC(=O)CN2CCC[C@H]2CO)on1. The molecule has 112 valence electrons. The van der Waals surface area contributed by atoms with Crippen molar-refractivity contribution in [1.29, 1.82) is 0 Å². The minimum absolute atomic E-state index is 0.0978. The van der Waals surface area contributed by atoms with Crippen molar-refractivity contribution in [2.24, 2.45) is 0 Å². The predicted molar refractivity (Wildman–Crippen MR) is 75.5 cm³/mol. The fraction of sp³-hybridized carbons (Fsp3) is 0.714. The molecule has 1 fully saturated rings. The van der Waals surface area contributed by atoms with Gasteiger partial charge in [-0.15, -0.1) is 0 Å². The number of amides is 1. The van der Waals surface area contributed by atoms with Crippen LogP contribution in [-0.4, -0.2) is 46.8 Å². The van der Waals surface area contributed by atoms with E-state index in [9.17, 15) is 9.90 Å². The highest BCUT2D eigenvalue weighted by atomic mass is 16.5. The molecular formula is C14H23N3O3. The molecule has 0 aromatic carbocycles. The van der Waals surface area contributed by atoms with Crippen molar-refractivity contribution in [3.05, 3.63) is 11.8 Å². The molecule has 2 heterocycles. The molecule has 2 N–H and O–H groups in total. The van der Waals surface area contributed by atoms with Gasteiger partial charge in [-0.05, 0) is 19.4 Å². The van der Waals surface area contributed by atoms with Crippen LogP contribution in [0.3, 0.4) is 0 Å². The first-order valence-electron chi connectivity index (χ1n) is 7.02. The third kappa shape index (κ3) is 3.58. The van der Waals surface area contributed by atoms with Crippen molar-refractivity contribution in [2.75, 3.05) is 25.0 Å². The summed E-state index contributed by atoms with van der Waals surface area (Å²) in [6, 6.07) is 1.85. The van der Waals surface area contributed by atoms with E-state index < -0.39 is 0 Å². The van der Waals surface area contributed by atoms with Crippen LogP contribution in [0.15, 0.2) is 10.6 Å². The first-order valence-corrected chi connectivity index (χ1v) is 7.02. The number of anilines is 1. The van der Waals surface area contributed by atoms with Crippen LogP contribution >= 0.6 is 0 Å². The van der Waals surface area contributed by atoms with Crippen LogP contribution in [-0.2, 0) is 10.2 Å². The van der Waals surface area contributed by atoms with E-state index in [2.05, 4.69) is 10.5 Å². The number of likely N-dealkylation sites (tertiary alicyclic amines) is 1. The van der Waals surface area contributed by atoms with Crippen molar-refractivity contribution in [1.82, 2.24) is 10.1 Å². The Balaban J connectivity index is 1.90. The van der Waals surface area contributed by atoms with Crippen LogP contribution in [0.1, 0.15) is 39.3 Å². The Labute approximate surface area is 119 Å². The molecule has 20 heavy (non-hydrogen) atoms. The van der Waals surface area contributed by atoms with Gasteiger partial charge in [-0.3, -0.25) is 15.0 Å². The highest BCUT2D eigenvalue weighted by Gasteiger charge is 2.26. The van der Waals surface area contributed by atoms with Gasteiger partial charge < -0.3 is 9.63 Å². The number of carbonyl (C=O) groups excluding carboxylic acids is 1. The van der Waals surface area contributed by atoms with Gasteiger partial charge in [-0.2, -0.15) is 0 Å². The summed E-state index contributed by atoms with van der Waals surface area (Å²) in [7, 11) is 0. The van der Waals surface area contributed by atoms with Gasteiger partial charge in [0.15, 0.2) is 0 Å². The summed E-state index contributed by atoms with van der Waals surface area (Å²) in [5.74, 6) is 0.238. The second-order valence-electron chi connectivity index (χ2n) is 6.32. The Bertz CT molecular complexity index is 464. The maximum atomic E-state index is 12.0. The molecule has 0 radical (unpaired) electrons. The number of aliphatic hydroxyl groups is 1. The smallest absolute Gasteiger partial charge is 0.240 e. The minimum Gasteiger partial charge on any atom is -0.395 e. The number of hydrogen-bond donors (Lipinski definition) is 2.